The molecule has 7 heteroatoms. The first-order valence-corrected chi connectivity index (χ1v) is 11.3. The molecule has 1 aromatic carbocycles. The molecule has 0 spiro atoms. The van der Waals surface area contributed by atoms with Gasteiger partial charge >= 0.3 is 0 Å². The summed E-state index contributed by atoms with van der Waals surface area (Å²) in [6.45, 7) is 3.45. The number of benzene rings is 1. The highest BCUT2D eigenvalue weighted by Crippen LogP contribution is 2.32. The minimum atomic E-state index is -0.369. The second-order valence-electron chi connectivity index (χ2n) is 7.85. The van der Waals surface area contributed by atoms with E-state index in [4.69, 9.17) is 0 Å². The number of carbonyl (C=O) groups excluding carboxylic acids is 3. The highest BCUT2D eigenvalue weighted by atomic mass is 32.2. The van der Waals surface area contributed by atoms with Gasteiger partial charge in [0.1, 0.15) is 6.54 Å². The summed E-state index contributed by atoms with van der Waals surface area (Å²) >= 11 is 0.916. The molecule has 3 saturated heterocycles. The first-order chi connectivity index (χ1) is 14.1. The van der Waals surface area contributed by atoms with E-state index >= 15 is 0 Å². The Bertz CT molecular complexity index is 807. The molecule has 4 rings (SSSR count). The SMILES string of the molecule is O=C(CN1C(=O)S/C(=C\c2ccc(N3CCCC3)cc2)C1=O)N1CCCCCC1. The van der Waals surface area contributed by atoms with Crippen LogP contribution in [0.2, 0.25) is 0 Å². The van der Waals surface area contributed by atoms with Gasteiger partial charge in [-0.15, -0.1) is 0 Å². The van der Waals surface area contributed by atoms with Crippen molar-refractivity contribution in [2.24, 2.45) is 0 Å². The third-order valence-corrected chi connectivity index (χ3v) is 6.70. The molecule has 3 heterocycles. The van der Waals surface area contributed by atoms with Crippen LogP contribution in [0, 0.1) is 0 Å². The highest BCUT2D eigenvalue weighted by molar-refractivity contribution is 8.18. The number of amides is 3. The average molecular weight is 414 g/mol. The van der Waals surface area contributed by atoms with Crippen LogP contribution in [0.5, 0.6) is 0 Å². The van der Waals surface area contributed by atoms with Crippen LogP contribution in [0.25, 0.3) is 6.08 Å². The molecule has 0 radical (unpaired) electrons. The Morgan fingerprint density at radius 1 is 0.897 bits per heavy atom. The third-order valence-electron chi connectivity index (χ3n) is 5.79. The summed E-state index contributed by atoms with van der Waals surface area (Å²) in [6.07, 6.45) is 8.43. The molecule has 6 nitrogen and oxygen atoms in total. The van der Waals surface area contributed by atoms with E-state index in [1.54, 1.807) is 11.0 Å². The van der Waals surface area contributed by atoms with E-state index in [0.717, 1.165) is 61.0 Å². The quantitative estimate of drug-likeness (QED) is 0.704. The number of likely N-dealkylation sites (tertiary alicyclic amines) is 1. The van der Waals surface area contributed by atoms with Crippen molar-refractivity contribution in [3.8, 4) is 0 Å². The highest BCUT2D eigenvalue weighted by Gasteiger charge is 2.37. The molecule has 0 bridgehead atoms. The van der Waals surface area contributed by atoms with Crippen molar-refractivity contribution in [2.75, 3.05) is 37.6 Å². The van der Waals surface area contributed by atoms with Gasteiger partial charge in [0.2, 0.25) is 5.91 Å². The fourth-order valence-corrected chi connectivity index (χ4v) is 4.94. The van der Waals surface area contributed by atoms with Crippen molar-refractivity contribution in [1.29, 1.82) is 0 Å². The van der Waals surface area contributed by atoms with Crippen LogP contribution >= 0.6 is 11.8 Å². The Hall–Kier alpha value is -2.28. The van der Waals surface area contributed by atoms with Gasteiger partial charge in [-0.25, -0.2) is 0 Å². The molecule has 3 aliphatic heterocycles. The summed E-state index contributed by atoms with van der Waals surface area (Å²) in [5, 5.41) is -0.363. The molecular formula is C22H27N3O3S. The van der Waals surface area contributed by atoms with Gasteiger partial charge in [-0.05, 0) is 61.2 Å². The molecule has 0 aromatic heterocycles. The van der Waals surface area contributed by atoms with Crippen LogP contribution in [0.3, 0.4) is 0 Å². The molecular weight excluding hydrogens is 386 g/mol. The number of imide groups is 1. The molecule has 29 heavy (non-hydrogen) atoms. The number of carbonyl (C=O) groups is 3. The second-order valence-corrected chi connectivity index (χ2v) is 8.84. The van der Waals surface area contributed by atoms with E-state index in [9.17, 15) is 14.4 Å². The van der Waals surface area contributed by atoms with Gasteiger partial charge in [-0.1, -0.05) is 25.0 Å². The van der Waals surface area contributed by atoms with Crippen molar-refractivity contribution in [1.82, 2.24) is 9.80 Å². The molecule has 0 unspecified atom stereocenters. The summed E-state index contributed by atoms with van der Waals surface area (Å²) < 4.78 is 0. The van der Waals surface area contributed by atoms with Crippen molar-refractivity contribution < 1.29 is 14.4 Å². The zero-order chi connectivity index (χ0) is 20.2. The zero-order valence-electron chi connectivity index (χ0n) is 16.6. The van der Waals surface area contributed by atoms with Crippen molar-refractivity contribution >= 4 is 40.6 Å². The summed E-state index contributed by atoms with van der Waals surface area (Å²) in [5.74, 6) is -0.503. The van der Waals surface area contributed by atoms with E-state index in [0.29, 0.717) is 18.0 Å². The molecule has 3 fully saturated rings. The Balaban J connectivity index is 1.41. The fraction of sp³-hybridized carbons (Fsp3) is 0.500. The summed E-state index contributed by atoms with van der Waals surface area (Å²) in [5.41, 5.74) is 2.08. The van der Waals surface area contributed by atoms with Gasteiger partial charge in [-0.2, -0.15) is 0 Å². The van der Waals surface area contributed by atoms with Crippen LogP contribution in [0.1, 0.15) is 44.1 Å². The van der Waals surface area contributed by atoms with Crippen LogP contribution in [-0.2, 0) is 9.59 Å². The van der Waals surface area contributed by atoms with Crippen LogP contribution in [0.15, 0.2) is 29.2 Å². The number of anilines is 1. The summed E-state index contributed by atoms with van der Waals surface area (Å²) in [7, 11) is 0. The summed E-state index contributed by atoms with van der Waals surface area (Å²) in [4.78, 5) is 43.3. The van der Waals surface area contributed by atoms with Crippen molar-refractivity contribution in [2.45, 2.75) is 38.5 Å². The number of hydrogen-bond acceptors (Lipinski definition) is 5. The van der Waals surface area contributed by atoms with E-state index in [1.807, 2.05) is 12.1 Å². The molecule has 0 atom stereocenters. The maximum atomic E-state index is 12.7. The van der Waals surface area contributed by atoms with Gasteiger partial charge in [0.05, 0.1) is 4.91 Å². The zero-order valence-corrected chi connectivity index (χ0v) is 17.5. The normalized spacial score (nSPS) is 21.9. The van der Waals surface area contributed by atoms with Gasteiger partial charge in [0.25, 0.3) is 11.1 Å². The molecule has 0 aliphatic carbocycles. The average Bonchev–Trinajstić information content (AvgIpc) is 3.24. The third kappa shape index (κ3) is 4.66. The van der Waals surface area contributed by atoms with Crippen molar-refractivity contribution in [3.05, 3.63) is 34.7 Å². The maximum Gasteiger partial charge on any atom is 0.294 e. The Labute approximate surface area is 175 Å². The smallest absolute Gasteiger partial charge is 0.294 e. The molecule has 0 saturated carbocycles. The van der Waals surface area contributed by atoms with Gasteiger partial charge in [0.15, 0.2) is 0 Å². The number of nitrogens with zero attached hydrogens (tertiary/aromatic N) is 3. The lowest BCUT2D eigenvalue weighted by Gasteiger charge is -2.22. The first-order valence-electron chi connectivity index (χ1n) is 10.5. The van der Waals surface area contributed by atoms with Crippen LogP contribution < -0.4 is 4.90 Å². The lowest BCUT2D eigenvalue weighted by molar-refractivity contribution is -0.135. The minimum absolute atomic E-state index is 0.134. The number of hydrogen-bond donors (Lipinski definition) is 0. The van der Waals surface area contributed by atoms with E-state index in [1.165, 1.54) is 18.5 Å². The van der Waals surface area contributed by atoms with E-state index in [2.05, 4.69) is 17.0 Å². The maximum absolute atomic E-state index is 12.7. The predicted molar refractivity (Wildman–Crippen MR) is 116 cm³/mol. The monoisotopic (exact) mass is 413 g/mol. The first kappa shape index (κ1) is 20.0. The van der Waals surface area contributed by atoms with Crippen molar-refractivity contribution in [3.63, 3.8) is 0 Å². The fourth-order valence-electron chi connectivity index (χ4n) is 4.10. The predicted octanol–water partition coefficient (Wildman–Crippen LogP) is 3.73. The lowest BCUT2D eigenvalue weighted by atomic mass is 10.2. The Kier molecular flexibility index (Phi) is 6.23. The minimum Gasteiger partial charge on any atom is -0.372 e. The molecule has 3 amide bonds. The summed E-state index contributed by atoms with van der Waals surface area (Å²) in [6, 6.07) is 8.07. The largest absolute Gasteiger partial charge is 0.372 e. The molecule has 3 aliphatic rings. The second kappa shape index (κ2) is 9.03. The molecule has 1 aromatic rings. The number of thioether (sulfide) groups is 1. The van der Waals surface area contributed by atoms with Gasteiger partial charge in [-0.3, -0.25) is 19.3 Å². The van der Waals surface area contributed by atoms with Gasteiger partial charge < -0.3 is 9.80 Å². The molecule has 0 N–H and O–H groups in total. The van der Waals surface area contributed by atoms with Crippen LogP contribution in [-0.4, -0.2) is 59.6 Å². The lowest BCUT2D eigenvalue weighted by Crippen LogP contribution is -2.42. The molecule has 154 valence electrons. The van der Waals surface area contributed by atoms with E-state index in [-0.39, 0.29) is 23.6 Å². The Morgan fingerprint density at radius 2 is 1.52 bits per heavy atom. The Morgan fingerprint density at radius 3 is 2.17 bits per heavy atom. The van der Waals surface area contributed by atoms with E-state index < -0.39 is 0 Å². The van der Waals surface area contributed by atoms with Crippen LogP contribution in [0.4, 0.5) is 10.5 Å². The standard InChI is InChI=1S/C22H27N3O3S/c26-20(24-13-3-1-2-4-14-24)16-25-21(27)19(29-22(25)28)15-17-7-9-18(10-8-17)23-11-5-6-12-23/h7-10,15H,1-6,11-14,16H2/b19-15-. The van der Waals surface area contributed by atoms with Gasteiger partial charge in [0, 0.05) is 31.9 Å². The topological polar surface area (TPSA) is 60.9 Å². The number of rotatable bonds is 4.